The summed E-state index contributed by atoms with van der Waals surface area (Å²) in [5.74, 6) is 0. The van der Waals surface area contributed by atoms with E-state index in [0.29, 0.717) is 5.56 Å². The highest BCUT2D eigenvalue weighted by atomic mass is 19.4. The maximum Gasteiger partial charge on any atom is 0.401 e. The molecule has 0 radical (unpaired) electrons. The van der Waals surface area contributed by atoms with Crippen LogP contribution in [0.5, 0.6) is 0 Å². The molecule has 1 atom stereocenters. The third-order valence-corrected chi connectivity index (χ3v) is 2.24. The molecule has 6 heteroatoms. The van der Waals surface area contributed by atoms with Crippen LogP contribution in [-0.4, -0.2) is 24.2 Å². The summed E-state index contributed by atoms with van der Waals surface area (Å²) in [7, 11) is 0. The minimum absolute atomic E-state index is 0.0998. The lowest BCUT2D eigenvalue weighted by Gasteiger charge is -2.19. The largest absolute Gasteiger partial charge is 0.401 e. The topological polar surface area (TPSA) is 50.9 Å². The van der Waals surface area contributed by atoms with Crippen molar-refractivity contribution in [2.75, 3.05) is 13.1 Å². The van der Waals surface area contributed by atoms with Crippen molar-refractivity contribution in [3.63, 3.8) is 0 Å². The molecule has 1 heterocycles. The van der Waals surface area contributed by atoms with E-state index >= 15 is 0 Å². The van der Waals surface area contributed by atoms with Crippen LogP contribution in [0, 0.1) is 6.92 Å². The van der Waals surface area contributed by atoms with Gasteiger partial charge in [-0.25, -0.2) is 0 Å². The van der Waals surface area contributed by atoms with E-state index in [1.165, 1.54) is 6.20 Å². The van der Waals surface area contributed by atoms with Gasteiger partial charge >= 0.3 is 6.18 Å². The van der Waals surface area contributed by atoms with Crippen LogP contribution in [0.4, 0.5) is 13.2 Å². The summed E-state index contributed by atoms with van der Waals surface area (Å²) in [5.41, 5.74) is 7.02. The van der Waals surface area contributed by atoms with Crippen molar-refractivity contribution >= 4 is 0 Å². The maximum absolute atomic E-state index is 12.0. The first-order chi connectivity index (χ1) is 7.44. The number of aromatic nitrogens is 1. The lowest BCUT2D eigenvalue weighted by atomic mass is 10.0. The lowest BCUT2D eigenvalue weighted by molar-refractivity contribution is -0.126. The van der Waals surface area contributed by atoms with Gasteiger partial charge in [-0.3, -0.25) is 4.98 Å². The van der Waals surface area contributed by atoms with E-state index in [1.807, 2.05) is 6.92 Å². The van der Waals surface area contributed by atoms with Crippen molar-refractivity contribution in [3.05, 3.63) is 29.6 Å². The van der Waals surface area contributed by atoms with Gasteiger partial charge in [0.2, 0.25) is 0 Å². The molecule has 0 saturated heterocycles. The van der Waals surface area contributed by atoms with E-state index in [9.17, 15) is 13.2 Å². The number of hydrogen-bond donors (Lipinski definition) is 2. The molecular formula is C10H14F3N3. The highest BCUT2D eigenvalue weighted by molar-refractivity contribution is 5.25. The Labute approximate surface area is 91.9 Å². The summed E-state index contributed by atoms with van der Waals surface area (Å²) in [6.07, 6.45) is -1.10. The number of nitrogens with one attached hydrogen (secondary N) is 1. The molecule has 1 rings (SSSR count). The number of nitrogens with zero attached hydrogens (tertiary/aromatic N) is 1. The predicted molar refractivity (Wildman–Crippen MR) is 54.8 cm³/mol. The van der Waals surface area contributed by atoms with E-state index in [2.05, 4.69) is 10.3 Å². The Morgan fingerprint density at radius 1 is 1.50 bits per heavy atom. The summed E-state index contributed by atoms with van der Waals surface area (Å²) < 4.78 is 36.1. The van der Waals surface area contributed by atoms with Crippen LogP contribution in [-0.2, 0) is 0 Å². The van der Waals surface area contributed by atoms with Crippen LogP contribution in [0.2, 0.25) is 0 Å². The molecule has 1 aromatic rings. The first-order valence-electron chi connectivity index (χ1n) is 4.84. The van der Waals surface area contributed by atoms with Gasteiger partial charge in [0.25, 0.3) is 0 Å². The number of aryl methyl sites for hydroxylation is 1. The normalized spacial score (nSPS) is 13.8. The second kappa shape index (κ2) is 5.27. The van der Waals surface area contributed by atoms with Crippen LogP contribution in [0.25, 0.3) is 0 Å². The highest BCUT2D eigenvalue weighted by Crippen LogP contribution is 2.18. The minimum Gasteiger partial charge on any atom is -0.329 e. The Kier molecular flexibility index (Phi) is 4.26. The number of hydrogen-bond acceptors (Lipinski definition) is 3. The van der Waals surface area contributed by atoms with Gasteiger partial charge in [0.1, 0.15) is 0 Å². The number of alkyl halides is 3. The standard InChI is InChI=1S/C10H14F3N3/c1-7-2-3-15-5-8(7)9(4-14)16-6-10(11,12)13/h2-3,5,9,16H,4,6,14H2,1H3. The second-order valence-corrected chi connectivity index (χ2v) is 3.52. The van der Waals surface area contributed by atoms with Gasteiger partial charge in [-0.15, -0.1) is 0 Å². The van der Waals surface area contributed by atoms with E-state index in [1.54, 1.807) is 12.3 Å². The Balaban J connectivity index is 2.72. The Bertz CT molecular complexity index is 338. The average molecular weight is 233 g/mol. The molecule has 0 saturated carbocycles. The molecule has 0 aliphatic heterocycles. The third kappa shape index (κ3) is 3.79. The second-order valence-electron chi connectivity index (χ2n) is 3.52. The molecule has 1 aromatic heterocycles. The van der Waals surface area contributed by atoms with Gasteiger partial charge < -0.3 is 11.1 Å². The molecule has 0 spiro atoms. The summed E-state index contributed by atoms with van der Waals surface area (Å²) in [6.45, 7) is 0.862. The molecule has 3 nitrogen and oxygen atoms in total. The zero-order valence-electron chi connectivity index (χ0n) is 8.88. The van der Waals surface area contributed by atoms with Crippen LogP contribution < -0.4 is 11.1 Å². The van der Waals surface area contributed by atoms with E-state index < -0.39 is 18.8 Å². The van der Waals surface area contributed by atoms with Crippen molar-refractivity contribution in [1.29, 1.82) is 0 Å². The maximum atomic E-state index is 12.0. The minimum atomic E-state index is -4.23. The quantitative estimate of drug-likeness (QED) is 0.829. The highest BCUT2D eigenvalue weighted by Gasteiger charge is 2.28. The number of halogens is 3. The Morgan fingerprint density at radius 3 is 2.69 bits per heavy atom. The van der Waals surface area contributed by atoms with Gasteiger partial charge in [-0.2, -0.15) is 13.2 Å². The van der Waals surface area contributed by atoms with Crippen LogP contribution in [0.1, 0.15) is 17.2 Å². The molecule has 16 heavy (non-hydrogen) atoms. The summed E-state index contributed by atoms with van der Waals surface area (Å²) in [6, 6.07) is 1.23. The molecule has 0 bridgehead atoms. The summed E-state index contributed by atoms with van der Waals surface area (Å²) in [5, 5.41) is 2.38. The lowest BCUT2D eigenvalue weighted by Crippen LogP contribution is -2.36. The fourth-order valence-corrected chi connectivity index (χ4v) is 1.40. The zero-order chi connectivity index (χ0) is 12.2. The average Bonchev–Trinajstić information content (AvgIpc) is 2.20. The molecule has 0 aliphatic rings. The van der Waals surface area contributed by atoms with Crippen molar-refractivity contribution in [1.82, 2.24) is 10.3 Å². The van der Waals surface area contributed by atoms with Gasteiger partial charge in [0.05, 0.1) is 6.54 Å². The van der Waals surface area contributed by atoms with E-state index in [-0.39, 0.29) is 6.54 Å². The molecule has 0 aliphatic carbocycles. The van der Waals surface area contributed by atoms with Gasteiger partial charge in [-0.05, 0) is 24.1 Å². The van der Waals surface area contributed by atoms with Crippen molar-refractivity contribution in [2.45, 2.75) is 19.1 Å². The molecule has 90 valence electrons. The van der Waals surface area contributed by atoms with Gasteiger partial charge in [0, 0.05) is 25.0 Å². The van der Waals surface area contributed by atoms with Crippen molar-refractivity contribution in [3.8, 4) is 0 Å². The molecule has 0 aromatic carbocycles. The third-order valence-electron chi connectivity index (χ3n) is 2.24. The first kappa shape index (κ1) is 12.9. The SMILES string of the molecule is Cc1ccncc1C(CN)NCC(F)(F)F. The Hall–Kier alpha value is -1.14. The molecule has 1 unspecified atom stereocenters. The van der Waals surface area contributed by atoms with Crippen LogP contribution in [0.15, 0.2) is 18.5 Å². The van der Waals surface area contributed by atoms with Crippen LogP contribution >= 0.6 is 0 Å². The fourth-order valence-electron chi connectivity index (χ4n) is 1.40. The van der Waals surface area contributed by atoms with Crippen molar-refractivity contribution in [2.24, 2.45) is 5.73 Å². The molecule has 0 fully saturated rings. The Morgan fingerprint density at radius 2 is 2.19 bits per heavy atom. The summed E-state index contributed by atoms with van der Waals surface area (Å²) >= 11 is 0. The number of nitrogens with two attached hydrogens (primary N) is 1. The smallest absolute Gasteiger partial charge is 0.329 e. The number of rotatable bonds is 4. The molecule has 0 amide bonds. The first-order valence-corrected chi connectivity index (χ1v) is 4.84. The van der Waals surface area contributed by atoms with E-state index in [0.717, 1.165) is 5.56 Å². The van der Waals surface area contributed by atoms with Gasteiger partial charge in [0.15, 0.2) is 0 Å². The van der Waals surface area contributed by atoms with E-state index in [4.69, 9.17) is 5.73 Å². The number of pyridine rings is 1. The zero-order valence-corrected chi connectivity index (χ0v) is 8.88. The van der Waals surface area contributed by atoms with Gasteiger partial charge in [-0.1, -0.05) is 0 Å². The predicted octanol–water partition coefficient (Wildman–Crippen LogP) is 1.54. The van der Waals surface area contributed by atoms with Crippen molar-refractivity contribution < 1.29 is 13.2 Å². The monoisotopic (exact) mass is 233 g/mol. The molecule has 3 N–H and O–H groups in total. The molecular weight excluding hydrogens is 219 g/mol. The van der Waals surface area contributed by atoms with Crippen LogP contribution in [0.3, 0.4) is 0 Å². The summed E-state index contributed by atoms with van der Waals surface area (Å²) in [4.78, 5) is 3.88. The fraction of sp³-hybridized carbons (Fsp3) is 0.500.